The number of carbonyl (C=O) groups is 8. The summed E-state index contributed by atoms with van der Waals surface area (Å²) in [6, 6.07) is 0. The number of aliphatic hydroxyl groups excluding tert-OH is 10. The number of aliphatic hydroxyl groups is 12. The first kappa shape index (κ1) is 73.2. The number of H-pyrrole nitrogens is 1. The number of rotatable bonds is 20. The van der Waals surface area contributed by atoms with E-state index in [1.807, 2.05) is 0 Å². The van der Waals surface area contributed by atoms with Crippen molar-refractivity contribution in [1.29, 1.82) is 0 Å². The number of hydrogen-bond donors (Lipinski definition) is 26. The van der Waals surface area contributed by atoms with Crippen molar-refractivity contribution in [2.45, 2.75) is 85.7 Å². The highest BCUT2D eigenvalue weighted by atomic mass is 31.2. The molecule has 39 nitrogen and oxygen atoms in total. The summed E-state index contributed by atoms with van der Waals surface area (Å²) in [5.74, 6) is -9.60. The Morgan fingerprint density at radius 1 is 0.557 bits per heavy atom. The number of nitrogens with two attached hydrogens (primary N) is 1. The summed E-state index contributed by atoms with van der Waals surface area (Å²) >= 11 is 0. The fourth-order valence-corrected chi connectivity index (χ4v) is 3.45. The lowest BCUT2D eigenvalue weighted by Crippen LogP contribution is -2.46. The van der Waals surface area contributed by atoms with E-state index in [1.54, 1.807) is 0 Å². The quantitative estimate of drug-likeness (QED) is 0.0432. The highest BCUT2D eigenvalue weighted by Crippen LogP contribution is 2.26. The van der Waals surface area contributed by atoms with Crippen LogP contribution in [-0.4, -0.2) is 263 Å². The molecular formula is C29H51N5O34P2. The molecule has 0 unspecified atom stereocenters. The van der Waals surface area contributed by atoms with Crippen LogP contribution in [0.4, 0.5) is 5.82 Å². The number of aromatic amines is 1. The Labute approximate surface area is 387 Å². The molecule has 0 saturated carbocycles. The lowest BCUT2D eigenvalue weighted by molar-refractivity contribution is -0.170. The lowest BCUT2D eigenvalue weighted by atomic mass is 9.96. The van der Waals surface area contributed by atoms with E-state index < -0.39 is 150 Å². The molecule has 2 aromatic rings. The number of carboxylic acid groups (broad SMARTS) is 6. The van der Waals surface area contributed by atoms with E-state index in [0.717, 1.165) is 0 Å². The molecular weight excluding hydrogens is 1020 g/mol. The largest absolute Gasteiger partial charge is 0.481 e. The fourth-order valence-electron chi connectivity index (χ4n) is 3.45. The number of carboxylic acids is 6. The van der Waals surface area contributed by atoms with Crippen molar-refractivity contribution in [1.82, 2.24) is 19.9 Å². The Balaban J connectivity index is -0.000000240. The molecule has 8 atom stereocenters. The zero-order chi connectivity index (χ0) is 56.7. The van der Waals surface area contributed by atoms with Gasteiger partial charge in [-0.05, 0) is 0 Å². The number of aldehydes is 2. The SMILES string of the molecule is Nc1ncnc2nc[nH]c12.O=C(O)CC(O)(CC(=O)O)C(=O)O.O=C(O)CC(O)(CC(=O)O)C(=O)O.O=C[C@H](O)[C@@H](O)[C@H](O)[C@H](O)CO.O=C[C@H](O)[C@@H](O)[C@H](O)[C@H](O)CO.O=P(O)(O)O.O=P(O)(O)O. The fraction of sp³-hybridized carbons (Fsp3) is 0.552. The van der Waals surface area contributed by atoms with Gasteiger partial charge in [0, 0.05) is 0 Å². The number of anilines is 1. The van der Waals surface area contributed by atoms with Crippen molar-refractivity contribution in [3.05, 3.63) is 12.7 Å². The Hall–Kier alpha value is -5.75. The van der Waals surface area contributed by atoms with E-state index in [9.17, 15) is 38.4 Å². The second kappa shape index (κ2) is 35.4. The van der Waals surface area contributed by atoms with E-state index >= 15 is 0 Å². The molecule has 41 heteroatoms. The molecule has 0 radical (unpaired) electrons. The van der Waals surface area contributed by atoms with Crippen LogP contribution in [-0.2, 0) is 47.5 Å². The van der Waals surface area contributed by atoms with Crippen LogP contribution in [0.5, 0.6) is 0 Å². The summed E-state index contributed by atoms with van der Waals surface area (Å²) in [7, 11) is -9.28. The number of carbonyl (C=O) groups excluding carboxylic acids is 2. The maximum Gasteiger partial charge on any atom is 0.466 e. The molecule has 0 aliphatic carbocycles. The molecule has 0 aliphatic rings. The third kappa shape index (κ3) is 38.1. The molecule has 0 aliphatic heterocycles. The van der Waals surface area contributed by atoms with Gasteiger partial charge in [0.2, 0.25) is 0 Å². The average molecular weight is 1080 g/mol. The number of aliphatic carboxylic acids is 6. The second-order valence-corrected chi connectivity index (χ2v) is 14.6. The van der Waals surface area contributed by atoms with Gasteiger partial charge >= 0.3 is 51.5 Å². The van der Waals surface area contributed by atoms with Crippen molar-refractivity contribution in [2.24, 2.45) is 0 Å². The van der Waals surface area contributed by atoms with E-state index in [4.69, 9.17) is 136 Å². The van der Waals surface area contributed by atoms with Gasteiger partial charge in [0.05, 0.1) is 45.2 Å². The van der Waals surface area contributed by atoms with Crippen LogP contribution in [0.1, 0.15) is 25.7 Å². The van der Waals surface area contributed by atoms with Gasteiger partial charge in [0.1, 0.15) is 60.7 Å². The maximum atomic E-state index is 10.3. The average Bonchev–Trinajstić information content (AvgIpc) is 3.70. The summed E-state index contributed by atoms with van der Waals surface area (Å²) in [5.41, 5.74) is 1.30. The van der Waals surface area contributed by atoms with Gasteiger partial charge in [-0.15, -0.1) is 0 Å². The Morgan fingerprint density at radius 3 is 1.03 bits per heavy atom. The number of hydrogen-bond acceptors (Lipinski definition) is 26. The van der Waals surface area contributed by atoms with Gasteiger partial charge < -0.3 is 142 Å². The van der Waals surface area contributed by atoms with Gasteiger partial charge in [0.25, 0.3) is 0 Å². The summed E-state index contributed by atoms with van der Waals surface area (Å²) in [6.07, 6.45) is -15.3. The van der Waals surface area contributed by atoms with Crippen molar-refractivity contribution >= 4 is 81.0 Å². The number of phosphoric acid groups is 2. The minimum Gasteiger partial charge on any atom is -0.481 e. The predicted octanol–water partition coefficient (Wildman–Crippen LogP) is -11.2. The molecule has 2 heterocycles. The highest BCUT2D eigenvalue weighted by molar-refractivity contribution is 7.45. The molecule has 27 N–H and O–H groups in total. The smallest absolute Gasteiger partial charge is 0.466 e. The van der Waals surface area contributed by atoms with Crippen molar-refractivity contribution in [2.75, 3.05) is 18.9 Å². The molecule has 0 bridgehead atoms. The molecule has 0 amide bonds. The van der Waals surface area contributed by atoms with Crippen LogP contribution >= 0.6 is 15.6 Å². The van der Waals surface area contributed by atoms with Crippen molar-refractivity contribution < 1.29 is 169 Å². The topological polar surface area (TPSA) is 737 Å². The molecule has 406 valence electrons. The molecule has 0 spiro atoms. The number of nitrogens with zero attached hydrogens (tertiary/aromatic N) is 3. The highest BCUT2D eigenvalue weighted by Gasteiger charge is 2.42. The van der Waals surface area contributed by atoms with Crippen molar-refractivity contribution in [3.8, 4) is 0 Å². The van der Waals surface area contributed by atoms with Crippen molar-refractivity contribution in [3.63, 3.8) is 0 Å². The van der Waals surface area contributed by atoms with Gasteiger partial charge in [-0.2, -0.15) is 0 Å². The van der Waals surface area contributed by atoms with E-state index in [-0.39, 0.29) is 12.6 Å². The number of imidazole rings is 1. The molecule has 0 fully saturated rings. The molecule has 2 aromatic heterocycles. The standard InChI is InChI=1S/2C6H8O7.2C6H12O6.C5H5N5.2H3O4P/c2*7-3(8)1-6(13,5(11)12)2-4(9)10;2*7-1-3(9)5(11)6(12)4(10)2-8;6-4-3-5(9-1-7-3)10-2-8-4;2*1-5(2,3)4/h2*13H,1-2H2,(H,7,8)(H,9,10)(H,11,12);2*1,3-6,8-12H,2H2;1-2H,(H3,6,7,8,9,10);2*(H3,1,2,3,4)/t;;2*3-,4+,5+,6+;;;/m..00.../s1. The molecule has 0 aromatic carbocycles. The monoisotopic (exact) mass is 1080 g/mol. The number of nitrogens with one attached hydrogen (secondary N) is 1. The van der Waals surface area contributed by atoms with Crippen LogP contribution in [0.25, 0.3) is 11.2 Å². The van der Waals surface area contributed by atoms with Crippen LogP contribution in [0.2, 0.25) is 0 Å². The zero-order valence-corrected chi connectivity index (χ0v) is 36.6. The normalized spacial score (nSPS) is 14.4. The third-order valence-electron chi connectivity index (χ3n) is 6.66. The third-order valence-corrected chi connectivity index (χ3v) is 6.66. The number of nitrogen functional groups attached to an aromatic ring is 1. The first-order chi connectivity index (χ1) is 31.5. The van der Waals surface area contributed by atoms with Crippen LogP contribution in [0.15, 0.2) is 12.7 Å². The second-order valence-electron chi connectivity index (χ2n) is 12.6. The lowest BCUT2D eigenvalue weighted by Gasteiger charge is -2.22. The minimum absolute atomic E-state index is 0.0258. The minimum atomic E-state index is -4.64. The molecule has 0 saturated heterocycles. The van der Waals surface area contributed by atoms with Crippen LogP contribution in [0.3, 0.4) is 0 Å². The Morgan fingerprint density at radius 2 is 0.829 bits per heavy atom. The van der Waals surface area contributed by atoms with Gasteiger partial charge in [-0.25, -0.2) is 33.7 Å². The summed E-state index contributed by atoms with van der Waals surface area (Å²) < 4.78 is 17.8. The molecule has 2 rings (SSSR count). The maximum absolute atomic E-state index is 10.3. The van der Waals surface area contributed by atoms with Gasteiger partial charge in [-0.3, -0.25) is 19.2 Å². The van der Waals surface area contributed by atoms with E-state index in [1.165, 1.54) is 12.7 Å². The van der Waals surface area contributed by atoms with E-state index in [2.05, 4.69) is 19.9 Å². The Kier molecular flexibility index (Phi) is 37.0. The van der Waals surface area contributed by atoms with E-state index in [0.29, 0.717) is 17.0 Å². The molecule has 70 heavy (non-hydrogen) atoms. The first-order valence-electron chi connectivity index (χ1n) is 17.3. The Bertz CT molecular complexity index is 1860. The summed E-state index contributed by atoms with van der Waals surface area (Å²) in [5, 5.41) is 155. The van der Waals surface area contributed by atoms with Crippen LogP contribution in [0, 0.1) is 0 Å². The number of fused-ring (bicyclic) bond motifs is 1. The van der Waals surface area contributed by atoms with Gasteiger partial charge in [-0.1, -0.05) is 0 Å². The summed E-state index contributed by atoms with van der Waals surface area (Å²) in [6.45, 7) is -1.52. The first-order valence-corrected chi connectivity index (χ1v) is 20.5. The zero-order valence-electron chi connectivity index (χ0n) is 34.8. The van der Waals surface area contributed by atoms with Crippen LogP contribution < -0.4 is 5.73 Å². The number of aromatic nitrogens is 4. The van der Waals surface area contributed by atoms with Gasteiger partial charge in [0.15, 0.2) is 35.2 Å². The summed E-state index contributed by atoms with van der Waals surface area (Å²) in [4.78, 5) is 138. The predicted molar refractivity (Wildman–Crippen MR) is 213 cm³/mol.